The number of fused-ring (bicyclic) bond motifs is 2. The Hall–Kier alpha value is -3.87. The van der Waals surface area contributed by atoms with Crippen LogP contribution in [0.4, 0.5) is 20.4 Å². The van der Waals surface area contributed by atoms with E-state index in [2.05, 4.69) is 25.5 Å². The van der Waals surface area contributed by atoms with E-state index in [1.54, 1.807) is 0 Å². The maximum atomic E-state index is 13.5. The number of rotatable bonds is 4. The summed E-state index contributed by atoms with van der Waals surface area (Å²) in [4.78, 5) is 8.61. The molecule has 7 heteroatoms. The van der Waals surface area contributed by atoms with Crippen molar-refractivity contribution in [2.24, 2.45) is 0 Å². The highest BCUT2D eigenvalue weighted by Gasteiger charge is 2.11. The minimum atomic E-state index is -0.581. The van der Waals surface area contributed by atoms with Gasteiger partial charge in [-0.2, -0.15) is 5.10 Å². The molecule has 0 aliphatic carbocycles. The molecule has 0 spiro atoms. The Morgan fingerprint density at radius 1 is 0.793 bits per heavy atom. The largest absolute Gasteiger partial charge is 0.322 e. The average molecular weight is 387 g/mol. The molecule has 0 atom stereocenters. The van der Waals surface area contributed by atoms with Gasteiger partial charge in [0.15, 0.2) is 5.82 Å². The van der Waals surface area contributed by atoms with Gasteiger partial charge in [-0.25, -0.2) is 18.7 Å². The van der Waals surface area contributed by atoms with Crippen molar-refractivity contribution in [3.05, 3.63) is 89.8 Å². The maximum absolute atomic E-state index is 13.5. The Bertz CT molecular complexity index is 1320. The van der Waals surface area contributed by atoms with Gasteiger partial charge in [0.25, 0.3) is 0 Å². The molecule has 3 aromatic carbocycles. The fourth-order valence-electron chi connectivity index (χ4n) is 3.43. The average Bonchev–Trinajstić information content (AvgIpc) is 3.10. The first-order chi connectivity index (χ1) is 14.2. The SMILES string of the molecule is Fc1cc(F)cc(Cc2ccc3[nH]nc(Nc4ncnc5ccccc45)c3c2)c1. The summed E-state index contributed by atoms with van der Waals surface area (Å²) in [5.41, 5.74) is 3.17. The van der Waals surface area contributed by atoms with Crippen molar-refractivity contribution < 1.29 is 8.78 Å². The van der Waals surface area contributed by atoms with Crippen molar-refractivity contribution >= 4 is 33.4 Å². The summed E-state index contributed by atoms with van der Waals surface area (Å²) in [7, 11) is 0. The van der Waals surface area contributed by atoms with E-state index in [1.165, 1.54) is 18.5 Å². The van der Waals surface area contributed by atoms with Gasteiger partial charge in [0.2, 0.25) is 0 Å². The normalized spacial score (nSPS) is 11.2. The molecule has 0 bridgehead atoms. The monoisotopic (exact) mass is 387 g/mol. The van der Waals surface area contributed by atoms with Gasteiger partial charge in [0.05, 0.1) is 11.0 Å². The highest BCUT2D eigenvalue weighted by atomic mass is 19.1. The van der Waals surface area contributed by atoms with E-state index in [-0.39, 0.29) is 0 Å². The van der Waals surface area contributed by atoms with Crippen LogP contribution < -0.4 is 5.32 Å². The molecule has 142 valence electrons. The quantitative estimate of drug-likeness (QED) is 0.449. The number of hydrogen-bond donors (Lipinski definition) is 2. The molecule has 2 heterocycles. The molecule has 2 N–H and O–H groups in total. The van der Waals surface area contributed by atoms with Crippen molar-refractivity contribution in [3.8, 4) is 0 Å². The number of halogens is 2. The van der Waals surface area contributed by atoms with E-state index in [1.807, 2.05) is 42.5 Å². The first-order valence-corrected chi connectivity index (χ1v) is 9.04. The van der Waals surface area contributed by atoms with Crippen LogP contribution in [0.1, 0.15) is 11.1 Å². The van der Waals surface area contributed by atoms with Gasteiger partial charge < -0.3 is 5.32 Å². The molecule has 0 aliphatic heterocycles. The molecule has 5 aromatic rings. The lowest BCUT2D eigenvalue weighted by Gasteiger charge is -2.07. The fourth-order valence-corrected chi connectivity index (χ4v) is 3.43. The Kier molecular flexibility index (Phi) is 4.13. The number of aromatic nitrogens is 4. The number of nitrogens with zero attached hydrogens (tertiary/aromatic N) is 3. The lowest BCUT2D eigenvalue weighted by Crippen LogP contribution is -1.97. The predicted molar refractivity (Wildman–Crippen MR) is 108 cm³/mol. The minimum Gasteiger partial charge on any atom is -0.322 e. The van der Waals surface area contributed by atoms with Crippen LogP contribution in [0.3, 0.4) is 0 Å². The number of aromatic amines is 1. The lowest BCUT2D eigenvalue weighted by atomic mass is 10.0. The Morgan fingerprint density at radius 3 is 2.48 bits per heavy atom. The van der Waals surface area contributed by atoms with E-state index in [0.717, 1.165) is 33.4 Å². The van der Waals surface area contributed by atoms with E-state index in [0.29, 0.717) is 23.6 Å². The van der Waals surface area contributed by atoms with Gasteiger partial charge in [0, 0.05) is 16.8 Å². The van der Waals surface area contributed by atoms with Crippen LogP contribution in [0.15, 0.2) is 67.0 Å². The molecule has 5 rings (SSSR count). The molecule has 0 saturated carbocycles. The van der Waals surface area contributed by atoms with Gasteiger partial charge in [0.1, 0.15) is 23.8 Å². The molecular formula is C22H15F2N5. The molecule has 2 aromatic heterocycles. The minimum absolute atomic E-state index is 0.408. The van der Waals surface area contributed by atoms with Crippen LogP contribution in [0.2, 0.25) is 0 Å². The van der Waals surface area contributed by atoms with E-state index in [4.69, 9.17) is 0 Å². The molecule has 0 aliphatic rings. The first kappa shape index (κ1) is 17.2. The lowest BCUT2D eigenvalue weighted by molar-refractivity contribution is 0.580. The third-order valence-electron chi connectivity index (χ3n) is 4.74. The van der Waals surface area contributed by atoms with E-state index >= 15 is 0 Å². The molecule has 0 unspecified atom stereocenters. The maximum Gasteiger partial charge on any atom is 0.161 e. The molecule has 0 radical (unpaired) electrons. The smallest absolute Gasteiger partial charge is 0.161 e. The number of anilines is 2. The standard InChI is InChI=1S/C22H15F2N5/c23-15-8-14(9-16(24)11-15)7-13-5-6-20-18(10-13)22(29-28-20)27-21-17-3-1-2-4-19(17)25-12-26-21/h1-6,8-12H,7H2,(H2,25,26,27,28,29). The Morgan fingerprint density at radius 2 is 1.62 bits per heavy atom. The van der Waals surface area contributed by atoms with Crippen molar-refractivity contribution in [2.45, 2.75) is 6.42 Å². The third kappa shape index (κ3) is 3.38. The van der Waals surface area contributed by atoms with Gasteiger partial charge in [-0.3, -0.25) is 5.10 Å². The highest BCUT2D eigenvalue weighted by molar-refractivity contribution is 5.96. The number of benzene rings is 3. The predicted octanol–water partition coefficient (Wildman–Crippen LogP) is 5.12. The molecule has 0 fully saturated rings. The van der Waals surface area contributed by atoms with Crippen LogP contribution in [-0.2, 0) is 6.42 Å². The summed E-state index contributed by atoms with van der Waals surface area (Å²) in [6.45, 7) is 0. The number of nitrogens with one attached hydrogen (secondary N) is 2. The zero-order valence-corrected chi connectivity index (χ0v) is 15.2. The van der Waals surface area contributed by atoms with Gasteiger partial charge in [-0.15, -0.1) is 0 Å². The number of hydrogen-bond acceptors (Lipinski definition) is 4. The van der Waals surface area contributed by atoms with Crippen LogP contribution >= 0.6 is 0 Å². The Balaban J connectivity index is 1.51. The summed E-state index contributed by atoms with van der Waals surface area (Å²) in [5.74, 6) is 0.113. The summed E-state index contributed by atoms with van der Waals surface area (Å²) < 4.78 is 27.0. The number of H-pyrrole nitrogens is 1. The summed E-state index contributed by atoms with van der Waals surface area (Å²) in [5, 5.41) is 12.4. The second-order valence-corrected chi connectivity index (χ2v) is 6.77. The van der Waals surface area contributed by atoms with E-state index < -0.39 is 11.6 Å². The molecule has 5 nitrogen and oxygen atoms in total. The van der Waals surface area contributed by atoms with Crippen molar-refractivity contribution in [2.75, 3.05) is 5.32 Å². The zero-order chi connectivity index (χ0) is 19.8. The molecule has 0 saturated heterocycles. The summed E-state index contributed by atoms with van der Waals surface area (Å²) in [6.07, 6.45) is 1.91. The first-order valence-electron chi connectivity index (χ1n) is 9.04. The van der Waals surface area contributed by atoms with Crippen molar-refractivity contribution in [1.82, 2.24) is 20.2 Å². The van der Waals surface area contributed by atoms with Crippen LogP contribution in [0.5, 0.6) is 0 Å². The highest BCUT2D eigenvalue weighted by Crippen LogP contribution is 2.28. The second-order valence-electron chi connectivity index (χ2n) is 6.77. The summed E-state index contributed by atoms with van der Waals surface area (Å²) in [6, 6.07) is 17.0. The third-order valence-corrected chi connectivity index (χ3v) is 4.74. The van der Waals surface area contributed by atoms with Crippen LogP contribution in [-0.4, -0.2) is 20.2 Å². The zero-order valence-electron chi connectivity index (χ0n) is 15.2. The topological polar surface area (TPSA) is 66.5 Å². The van der Waals surface area contributed by atoms with Crippen molar-refractivity contribution in [1.29, 1.82) is 0 Å². The Labute approximate surface area is 164 Å². The molecular weight excluding hydrogens is 372 g/mol. The van der Waals surface area contributed by atoms with Crippen molar-refractivity contribution in [3.63, 3.8) is 0 Å². The van der Waals surface area contributed by atoms with E-state index in [9.17, 15) is 8.78 Å². The molecule has 29 heavy (non-hydrogen) atoms. The second kappa shape index (κ2) is 6.94. The van der Waals surface area contributed by atoms with Gasteiger partial charge in [-0.05, 0) is 53.9 Å². The van der Waals surface area contributed by atoms with Crippen LogP contribution in [0.25, 0.3) is 21.8 Å². The van der Waals surface area contributed by atoms with Gasteiger partial charge >= 0.3 is 0 Å². The van der Waals surface area contributed by atoms with Gasteiger partial charge in [-0.1, -0.05) is 18.2 Å². The fraction of sp³-hybridized carbons (Fsp3) is 0.0455. The summed E-state index contributed by atoms with van der Waals surface area (Å²) >= 11 is 0. The number of para-hydroxylation sites is 1. The molecule has 0 amide bonds. The van der Waals surface area contributed by atoms with Crippen LogP contribution in [0, 0.1) is 11.6 Å².